The first kappa shape index (κ1) is 16.1. The van der Waals surface area contributed by atoms with Crippen LogP contribution in [0.5, 0.6) is 0 Å². The number of aromatic carboxylic acids is 1. The van der Waals surface area contributed by atoms with Gasteiger partial charge in [0.1, 0.15) is 5.69 Å². The SMILES string of the molecule is CC(C)CC(CN)CC(=O)Nc1ccc(C(=O)O)nc1. The van der Waals surface area contributed by atoms with Gasteiger partial charge in [-0.25, -0.2) is 9.78 Å². The third-order valence-corrected chi connectivity index (χ3v) is 2.88. The number of carboxylic acid groups (broad SMARTS) is 1. The van der Waals surface area contributed by atoms with E-state index in [1.54, 1.807) is 0 Å². The number of carbonyl (C=O) groups is 2. The molecule has 0 aliphatic carbocycles. The zero-order valence-corrected chi connectivity index (χ0v) is 11.8. The molecule has 0 aliphatic heterocycles. The molecular weight excluding hydrogens is 258 g/mol. The zero-order valence-electron chi connectivity index (χ0n) is 11.8. The first-order valence-electron chi connectivity index (χ1n) is 6.61. The van der Waals surface area contributed by atoms with Gasteiger partial charge in [0.25, 0.3) is 0 Å². The summed E-state index contributed by atoms with van der Waals surface area (Å²) in [5, 5.41) is 11.4. The fraction of sp³-hybridized carbons (Fsp3) is 0.500. The van der Waals surface area contributed by atoms with Crippen molar-refractivity contribution in [3.8, 4) is 0 Å². The zero-order chi connectivity index (χ0) is 15.1. The number of nitrogens with zero attached hydrogens (tertiary/aromatic N) is 1. The Morgan fingerprint density at radius 2 is 2.10 bits per heavy atom. The van der Waals surface area contributed by atoms with Crippen LogP contribution in [0, 0.1) is 11.8 Å². The highest BCUT2D eigenvalue weighted by Gasteiger charge is 2.14. The maximum absolute atomic E-state index is 11.9. The second kappa shape index (κ2) is 7.59. The lowest BCUT2D eigenvalue weighted by Crippen LogP contribution is -2.23. The molecule has 0 aromatic carbocycles. The summed E-state index contributed by atoms with van der Waals surface area (Å²) in [5.41, 5.74) is 6.09. The molecule has 0 saturated carbocycles. The minimum Gasteiger partial charge on any atom is -0.477 e. The molecule has 0 spiro atoms. The summed E-state index contributed by atoms with van der Waals surface area (Å²) in [6, 6.07) is 2.88. The van der Waals surface area contributed by atoms with Gasteiger partial charge in [-0.15, -0.1) is 0 Å². The Labute approximate surface area is 118 Å². The second-order valence-electron chi connectivity index (χ2n) is 5.22. The van der Waals surface area contributed by atoms with E-state index in [0.717, 1.165) is 6.42 Å². The van der Waals surface area contributed by atoms with E-state index in [-0.39, 0.29) is 17.5 Å². The van der Waals surface area contributed by atoms with Gasteiger partial charge in [-0.1, -0.05) is 13.8 Å². The molecule has 0 fully saturated rings. The Bertz CT molecular complexity index is 457. The number of nitrogens with two attached hydrogens (primary N) is 1. The average molecular weight is 279 g/mol. The van der Waals surface area contributed by atoms with E-state index in [0.29, 0.717) is 24.6 Å². The van der Waals surface area contributed by atoms with Crippen molar-refractivity contribution in [3.63, 3.8) is 0 Å². The fourth-order valence-electron chi connectivity index (χ4n) is 2.00. The molecule has 1 rings (SSSR count). The van der Waals surface area contributed by atoms with Crippen molar-refractivity contribution in [2.75, 3.05) is 11.9 Å². The lowest BCUT2D eigenvalue weighted by Gasteiger charge is -2.16. The molecule has 0 bridgehead atoms. The third kappa shape index (κ3) is 5.36. The van der Waals surface area contributed by atoms with Crippen molar-refractivity contribution >= 4 is 17.6 Å². The van der Waals surface area contributed by atoms with Gasteiger partial charge in [-0.3, -0.25) is 4.79 Å². The Kier molecular flexibility index (Phi) is 6.11. The number of carbonyl (C=O) groups excluding carboxylic acids is 1. The molecule has 1 aromatic rings. The number of anilines is 1. The molecule has 20 heavy (non-hydrogen) atoms. The van der Waals surface area contributed by atoms with Crippen LogP contribution in [0.4, 0.5) is 5.69 Å². The number of amides is 1. The van der Waals surface area contributed by atoms with Crippen LogP contribution in [0.1, 0.15) is 37.2 Å². The Morgan fingerprint density at radius 3 is 2.55 bits per heavy atom. The summed E-state index contributed by atoms with van der Waals surface area (Å²) >= 11 is 0. The van der Waals surface area contributed by atoms with Crippen molar-refractivity contribution in [2.45, 2.75) is 26.7 Å². The van der Waals surface area contributed by atoms with E-state index in [1.165, 1.54) is 18.3 Å². The van der Waals surface area contributed by atoms with Crippen LogP contribution in [0.25, 0.3) is 0 Å². The molecule has 0 aliphatic rings. The molecule has 0 saturated heterocycles. The highest BCUT2D eigenvalue weighted by molar-refractivity contribution is 5.91. The Balaban J connectivity index is 2.55. The van der Waals surface area contributed by atoms with Gasteiger partial charge in [0.2, 0.25) is 5.91 Å². The summed E-state index contributed by atoms with van der Waals surface area (Å²) in [5.74, 6) is -0.580. The Morgan fingerprint density at radius 1 is 1.40 bits per heavy atom. The quantitative estimate of drug-likeness (QED) is 0.705. The largest absolute Gasteiger partial charge is 0.477 e. The van der Waals surface area contributed by atoms with E-state index in [4.69, 9.17) is 10.8 Å². The molecule has 1 heterocycles. The van der Waals surface area contributed by atoms with Crippen LogP contribution in [0.2, 0.25) is 0 Å². The van der Waals surface area contributed by atoms with Crippen molar-refractivity contribution in [3.05, 3.63) is 24.0 Å². The summed E-state index contributed by atoms with van der Waals surface area (Å²) in [6.07, 6.45) is 2.59. The maximum Gasteiger partial charge on any atom is 0.354 e. The smallest absolute Gasteiger partial charge is 0.354 e. The molecular formula is C14H21N3O3. The molecule has 1 unspecified atom stereocenters. The molecule has 1 aromatic heterocycles. The average Bonchev–Trinajstić information content (AvgIpc) is 2.37. The van der Waals surface area contributed by atoms with E-state index in [1.807, 2.05) is 0 Å². The van der Waals surface area contributed by atoms with Gasteiger partial charge in [0.15, 0.2) is 0 Å². The van der Waals surface area contributed by atoms with Gasteiger partial charge < -0.3 is 16.2 Å². The number of pyridine rings is 1. The third-order valence-electron chi connectivity index (χ3n) is 2.88. The number of carboxylic acids is 1. The normalized spacial score (nSPS) is 12.2. The van der Waals surface area contributed by atoms with Crippen LogP contribution < -0.4 is 11.1 Å². The summed E-state index contributed by atoms with van der Waals surface area (Å²) < 4.78 is 0. The predicted molar refractivity (Wildman–Crippen MR) is 76.4 cm³/mol. The topological polar surface area (TPSA) is 105 Å². The van der Waals surface area contributed by atoms with E-state index in [2.05, 4.69) is 24.1 Å². The minimum absolute atomic E-state index is 0.0531. The summed E-state index contributed by atoms with van der Waals surface area (Å²) in [6.45, 7) is 4.66. The molecule has 1 atom stereocenters. The van der Waals surface area contributed by atoms with Gasteiger partial charge in [-0.2, -0.15) is 0 Å². The van der Waals surface area contributed by atoms with Gasteiger partial charge in [0.05, 0.1) is 11.9 Å². The highest BCUT2D eigenvalue weighted by Crippen LogP contribution is 2.15. The lowest BCUT2D eigenvalue weighted by atomic mass is 9.94. The second-order valence-corrected chi connectivity index (χ2v) is 5.22. The van der Waals surface area contributed by atoms with Crippen LogP contribution in [-0.2, 0) is 4.79 Å². The van der Waals surface area contributed by atoms with Crippen LogP contribution in [-0.4, -0.2) is 28.5 Å². The van der Waals surface area contributed by atoms with Gasteiger partial charge in [-0.05, 0) is 36.9 Å². The van der Waals surface area contributed by atoms with Crippen molar-refractivity contribution in [1.82, 2.24) is 4.98 Å². The molecule has 110 valence electrons. The molecule has 6 heteroatoms. The predicted octanol–water partition coefficient (Wildman–Crippen LogP) is 1.73. The summed E-state index contributed by atoms with van der Waals surface area (Å²) in [7, 11) is 0. The lowest BCUT2D eigenvalue weighted by molar-refractivity contribution is -0.117. The molecule has 0 radical (unpaired) electrons. The van der Waals surface area contributed by atoms with Crippen LogP contribution >= 0.6 is 0 Å². The van der Waals surface area contributed by atoms with Crippen molar-refractivity contribution in [2.24, 2.45) is 17.6 Å². The van der Waals surface area contributed by atoms with E-state index in [9.17, 15) is 9.59 Å². The first-order chi connectivity index (χ1) is 9.42. The summed E-state index contributed by atoms with van der Waals surface area (Å²) in [4.78, 5) is 26.3. The minimum atomic E-state index is -1.09. The molecule has 1 amide bonds. The molecule has 4 N–H and O–H groups in total. The monoisotopic (exact) mass is 279 g/mol. The molecule has 6 nitrogen and oxygen atoms in total. The van der Waals surface area contributed by atoms with Crippen LogP contribution in [0.3, 0.4) is 0 Å². The fourth-order valence-corrected chi connectivity index (χ4v) is 2.00. The number of hydrogen-bond donors (Lipinski definition) is 3. The number of rotatable bonds is 7. The van der Waals surface area contributed by atoms with Gasteiger partial charge in [0, 0.05) is 6.42 Å². The van der Waals surface area contributed by atoms with E-state index < -0.39 is 5.97 Å². The maximum atomic E-state index is 11.9. The van der Waals surface area contributed by atoms with Gasteiger partial charge >= 0.3 is 5.97 Å². The van der Waals surface area contributed by atoms with E-state index >= 15 is 0 Å². The van der Waals surface area contributed by atoms with Crippen molar-refractivity contribution in [1.29, 1.82) is 0 Å². The number of hydrogen-bond acceptors (Lipinski definition) is 4. The Hall–Kier alpha value is -1.95. The number of nitrogens with one attached hydrogen (secondary N) is 1. The first-order valence-corrected chi connectivity index (χ1v) is 6.61. The van der Waals surface area contributed by atoms with Crippen LogP contribution in [0.15, 0.2) is 18.3 Å². The van der Waals surface area contributed by atoms with Crippen molar-refractivity contribution < 1.29 is 14.7 Å². The number of aromatic nitrogens is 1. The standard InChI is InChI=1S/C14H21N3O3/c1-9(2)5-10(7-15)6-13(18)17-11-3-4-12(14(19)20)16-8-11/h3-4,8-10H,5-7,15H2,1-2H3,(H,17,18)(H,19,20). The highest BCUT2D eigenvalue weighted by atomic mass is 16.4.